The zero-order valence-corrected chi connectivity index (χ0v) is 24.4. The Balaban J connectivity index is 0.00000135. The van der Waals surface area contributed by atoms with Crippen molar-refractivity contribution >= 4 is 41.2 Å². The molecule has 43 heavy (non-hydrogen) atoms. The molecule has 0 atom stereocenters. The smallest absolute Gasteiger partial charge is 0.290 e. The summed E-state index contributed by atoms with van der Waals surface area (Å²) in [6.07, 6.45) is 2.41. The summed E-state index contributed by atoms with van der Waals surface area (Å²) in [4.78, 5) is 23.8. The number of nitrogens with zero attached hydrogens (tertiary/aromatic N) is 1. The van der Waals surface area contributed by atoms with E-state index < -0.39 is 17.5 Å². The Kier molecular flexibility index (Phi) is 11.3. The second kappa shape index (κ2) is 15.1. The van der Waals surface area contributed by atoms with Crippen LogP contribution in [0.15, 0.2) is 60.2 Å². The minimum absolute atomic E-state index is 0.0622. The average molecular weight is 637 g/mol. The highest BCUT2D eigenvalue weighted by atomic mass is 35.5. The van der Waals surface area contributed by atoms with Gasteiger partial charge in [0.15, 0.2) is 5.75 Å². The van der Waals surface area contributed by atoms with Crippen LogP contribution in [0.1, 0.15) is 30.4 Å². The van der Waals surface area contributed by atoms with Gasteiger partial charge in [0.25, 0.3) is 12.4 Å². The van der Waals surface area contributed by atoms with Crippen molar-refractivity contribution < 1.29 is 37.3 Å². The van der Waals surface area contributed by atoms with Crippen molar-refractivity contribution in [1.29, 1.82) is 0 Å². The first-order chi connectivity index (χ1) is 20.7. The van der Waals surface area contributed by atoms with Crippen molar-refractivity contribution in [2.24, 2.45) is 0 Å². The summed E-state index contributed by atoms with van der Waals surface area (Å²) in [5.41, 5.74) is 2.93. The molecule has 0 unspecified atom stereocenters. The van der Waals surface area contributed by atoms with E-state index in [2.05, 4.69) is 5.32 Å². The van der Waals surface area contributed by atoms with Crippen molar-refractivity contribution in [2.45, 2.75) is 31.8 Å². The molecule has 0 bridgehead atoms. The highest BCUT2D eigenvalue weighted by Gasteiger charge is 2.35. The fourth-order valence-electron chi connectivity index (χ4n) is 4.76. The normalized spacial score (nSPS) is 14.4. The van der Waals surface area contributed by atoms with Crippen molar-refractivity contribution in [3.8, 4) is 11.5 Å². The van der Waals surface area contributed by atoms with Crippen LogP contribution in [0.5, 0.6) is 11.5 Å². The van der Waals surface area contributed by atoms with Crippen LogP contribution in [0.4, 0.5) is 13.2 Å². The molecule has 0 spiro atoms. The fraction of sp³-hybridized carbons (Fsp3) is 0.290. The van der Waals surface area contributed by atoms with Crippen molar-refractivity contribution in [3.63, 3.8) is 0 Å². The van der Waals surface area contributed by atoms with Gasteiger partial charge in [0.2, 0.25) is 0 Å². The maximum atomic E-state index is 13.8. The number of nitrogens with one attached hydrogen (secondary N) is 1. The molecular weight excluding hydrogens is 608 g/mol. The summed E-state index contributed by atoms with van der Waals surface area (Å²) in [6, 6.07) is 13.1. The fourth-order valence-corrected chi connectivity index (χ4v) is 5.32. The Hall–Kier alpha value is -3.73. The number of benzene rings is 3. The van der Waals surface area contributed by atoms with E-state index in [9.17, 15) is 18.0 Å². The number of amides is 1. The van der Waals surface area contributed by atoms with Gasteiger partial charge in [-0.3, -0.25) is 9.59 Å². The Bertz CT molecular complexity index is 1440. The van der Waals surface area contributed by atoms with Crippen LogP contribution in [0.25, 0.3) is 5.57 Å². The molecule has 1 aliphatic carbocycles. The average Bonchev–Trinajstić information content (AvgIpc) is 3.80. The van der Waals surface area contributed by atoms with Gasteiger partial charge in [-0.1, -0.05) is 35.3 Å². The van der Waals surface area contributed by atoms with Gasteiger partial charge in [-0.25, -0.2) is 13.2 Å². The molecule has 3 aromatic carbocycles. The Labute approximate surface area is 256 Å². The molecule has 2 N–H and O–H groups in total. The number of ether oxygens (including phenoxy) is 2. The largest absolute Gasteiger partial charge is 0.490 e. The number of carbonyl (C=O) groups excluding carboxylic acids is 1. The van der Waals surface area contributed by atoms with Crippen LogP contribution < -0.4 is 14.8 Å². The molecule has 0 radical (unpaired) electrons. The number of hydrogen-bond acceptors (Lipinski definition) is 5. The van der Waals surface area contributed by atoms with Gasteiger partial charge in [-0.15, -0.1) is 0 Å². The van der Waals surface area contributed by atoms with E-state index in [1.54, 1.807) is 4.90 Å². The van der Waals surface area contributed by atoms with Gasteiger partial charge in [-0.2, -0.15) is 0 Å². The number of carbonyl (C=O) groups is 2. The predicted octanol–water partition coefficient (Wildman–Crippen LogP) is 6.51. The van der Waals surface area contributed by atoms with E-state index in [1.165, 1.54) is 12.1 Å². The molecule has 7 nitrogen and oxygen atoms in total. The van der Waals surface area contributed by atoms with Gasteiger partial charge in [0.1, 0.15) is 36.4 Å². The molecule has 228 valence electrons. The molecule has 1 saturated carbocycles. The molecule has 2 aliphatic rings. The molecular formula is C31H29Cl2F3N2O5. The summed E-state index contributed by atoms with van der Waals surface area (Å²) in [5, 5.41) is 10.3. The van der Waals surface area contributed by atoms with Crippen LogP contribution in [-0.4, -0.2) is 54.7 Å². The molecule has 12 heteroatoms. The first-order valence-electron chi connectivity index (χ1n) is 13.5. The second-order valence-corrected chi connectivity index (χ2v) is 10.7. The number of carboxylic acid groups (broad SMARTS) is 1. The van der Waals surface area contributed by atoms with Crippen LogP contribution in [0.2, 0.25) is 10.0 Å². The van der Waals surface area contributed by atoms with E-state index in [4.69, 9.17) is 42.6 Å². The van der Waals surface area contributed by atoms with Gasteiger partial charge in [-0.05, 0) is 78.9 Å². The SMILES string of the molecule is O=C(C1=C(c2ccc(OCCOc3c(Cl)cc(F)cc3Cl)cc2)CCNC1)N(Cc1cc(F)cc(F)c1)C1CC1.O=CO. The lowest BCUT2D eigenvalue weighted by molar-refractivity contribution is -0.128. The van der Waals surface area contributed by atoms with Gasteiger partial charge in [0.05, 0.1) is 10.0 Å². The molecule has 1 fully saturated rings. The quantitative estimate of drug-likeness (QED) is 0.195. The van der Waals surface area contributed by atoms with Crippen LogP contribution >= 0.6 is 23.2 Å². The van der Waals surface area contributed by atoms with Crippen LogP contribution in [-0.2, 0) is 16.1 Å². The maximum absolute atomic E-state index is 13.8. The summed E-state index contributed by atoms with van der Waals surface area (Å²) < 4.78 is 52.2. The minimum Gasteiger partial charge on any atom is -0.490 e. The molecule has 3 aromatic rings. The standard InChI is InChI=1S/C30H27Cl2F3N2O3.CH2O2/c31-27-14-22(35)15-28(32)29(27)40-10-9-39-24-5-1-19(2-6-24)25-7-8-36-16-26(25)30(38)37(23-3-4-23)17-18-11-20(33)13-21(34)12-18;2-1-3/h1-2,5-6,11-15,23,36H,3-4,7-10,16-17H2;1H,(H,2,3). The van der Waals surface area contributed by atoms with E-state index in [0.29, 0.717) is 29.9 Å². The lowest BCUT2D eigenvalue weighted by Crippen LogP contribution is -2.39. The Morgan fingerprint density at radius 2 is 1.53 bits per heavy atom. The third kappa shape index (κ3) is 8.89. The molecule has 1 aliphatic heterocycles. The van der Waals surface area contributed by atoms with E-state index in [1.807, 2.05) is 24.3 Å². The summed E-state index contributed by atoms with van der Waals surface area (Å²) in [7, 11) is 0. The minimum atomic E-state index is -0.658. The highest BCUT2D eigenvalue weighted by molar-refractivity contribution is 6.37. The van der Waals surface area contributed by atoms with E-state index in [0.717, 1.165) is 48.7 Å². The molecule has 5 rings (SSSR count). The lowest BCUT2D eigenvalue weighted by atomic mass is 9.93. The first-order valence-corrected chi connectivity index (χ1v) is 14.2. The lowest BCUT2D eigenvalue weighted by Gasteiger charge is -2.28. The maximum Gasteiger partial charge on any atom is 0.290 e. The zero-order valence-electron chi connectivity index (χ0n) is 22.9. The summed E-state index contributed by atoms with van der Waals surface area (Å²) in [6.45, 7) is 1.40. The second-order valence-electron chi connectivity index (χ2n) is 9.85. The van der Waals surface area contributed by atoms with E-state index in [-0.39, 0.29) is 54.0 Å². The molecule has 0 saturated heterocycles. The van der Waals surface area contributed by atoms with Crippen molar-refractivity contribution in [1.82, 2.24) is 10.2 Å². The Morgan fingerprint density at radius 1 is 0.953 bits per heavy atom. The number of halogens is 5. The van der Waals surface area contributed by atoms with Gasteiger partial charge in [0, 0.05) is 30.8 Å². The van der Waals surface area contributed by atoms with Crippen molar-refractivity contribution in [2.75, 3.05) is 26.3 Å². The Morgan fingerprint density at radius 3 is 2.14 bits per heavy atom. The third-order valence-electron chi connectivity index (χ3n) is 6.76. The third-order valence-corrected chi connectivity index (χ3v) is 7.33. The van der Waals surface area contributed by atoms with Crippen LogP contribution in [0.3, 0.4) is 0 Å². The van der Waals surface area contributed by atoms with Gasteiger partial charge >= 0.3 is 0 Å². The van der Waals surface area contributed by atoms with Crippen molar-refractivity contribution in [3.05, 3.63) is 98.8 Å². The van der Waals surface area contributed by atoms with E-state index >= 15 is 0 Å². The number of hydrogen-bond donors (Lipinski definition) is 2. The highest BCUT2D eigenvalue weighted by Crippen LogP contribution is 2.35. The monoisotopic (exact) mass is 636 g/mol. The van der Waals surface area contributed by atoms with Gasteiger partial charge < -0.3 is 24.8 Å². The number of rotatable bonds is 10. The molecule has 1 heterocycles. The topological polar surface area (TPSA) is 88.1 Å². The summed E-state index contributed by atoms with van der Waals surface area (Å²) in [5.74, 6) is -1.18. The zero-order chi connectivity index (χ0) is 30.9. The molecule has 0 aromatic heterocycles. The van der Waals surface area contributed by atoms with Crippen LogP contribution in [0, 0.1) is 17.5 Å². The molecule has 1 amide bonds. The summed E-state index contributed by atoms with van der Waals surface area (Å²) >= 11 is 12.0. The predicted molar refractivity (Wildman–Crippen MR) is 157 cm³/mol. The first kappa shape index (κ1) is 32.2.